The van der Waals surface area contributed by atoms with Gasteiger partial charge >= 0.3 is 0 Å². The topological polar surface area (TPSA) is 20.3 Å². The Kier molecular flexibility index (Phi) is 3.46. The fourth-order valence-electron chi connectivity index (χ4n) is 3.53. The van der Waals surface area contributed by atoms with Crippen molar-refractivity contribution in [3.8, 4) is 0 Å². The van der Waals surface area contributed by atoms with E-state index in [9.17, 15) is 4.79 Å². The van der Waals surface area contributed by atoms with Crippen molar-refractivity contribution in [3.05, 3.63) is 35.9 Å². The van der Waals surface area contributed by atoms with E-state index >= 15 is 0 Å². The molecule has 1 aromatic carbocycles. The summed E-state index contributed by atoms with van der Waals surface area (Å²) in [6, 6.07) is 10.6. The Morgan fingerprint density at radius 2 is 1.78 bits per heavy atom. The van der Waals surface area contributed by atoms with Crippen molar-refractivity contribution in [2.24, 2.45) is 0 Å². The van der Waals surface area contributed by atoms with Crippen molar-refractivity contribution in [2.45, 2.75) is 50.6 Å². The molecule has 2 atom stereocenters. The minimum atomic E-state index is 0.145. The Labute approximate surface area is 109 Å². The van der Waals surface area contributed by atoms with E-state index in [1.165, 1.54) is 32.1 Å². The van der Waals surface area contributed by atoms with Gasteiger partial charge in [-0.3, -0.25) is 9.69 Å². The molecule has 0 aliphatic carbocycles. The molecular formula is C16H21NO. The molecule has 18 heavy (non-hydrogen) atoms. The molecule has 2 unspecified atom stereocenters. The SMILES string of the molecule is O=C(c1ccccc1)C1CCCC2CCCCN21. The van der Waals surface area contributed by atoms with E-state index < -0.39 is 0 Å². The van der Waals surface area contributed by atoms with Crippen LogP contribution in [0.3, 0.4) is 0 Å². The lowest BCUT2D eigenvalue weighted by molar-refractivity contribution is 0.0427. The summed E-state index contributed by atoms with van der Waals surface area (Å²) in [5, 5.41) is 0. The van der Waals surface area contributed by atoms with Gasteiger partial charge in [0.15, 0.2) is 5.78 Å². The van der Waals surface area contributed by atoms with Crippen LogP contribution in [0.4, 0.5) is 0 Å². The van der Waals surface area contributed by atoms with Crippen molar-refractivity contribution in [3.63, 3.8) is 0 Å². The summed E-state index contributed by atoms with van der Waals surface area (Å²) in [5.74, 6) is 0.335. The zero-order valence-corrected chi connectivity index (χ0v) is 10.8. The first-order chi connectivity index (χ1) is 8.86. The van der Waals surface area contributed by atoms with E-state index in [2.05, 4.69) is 4.90 Å². The van der Waals surface area contributed by atoms with Gasteiger partial charge in [-0.05, 0) is 38.6 Å². The standard InChI is InChI=1S/C16H21NO/c18-16(13-7-2-1-3-8-13)15-11-6-10-14-9-4-5-12-17(14)15/h1-3,7-8,14-15H,4-6,9-12H2. The molecule has 2 heterocycles. The highest BCUT2D eigenvalue weighted by atomic mass is 16.1. The minimum absolute atomic E-state index is 0.145. The molecule has 2 fully saturated rings. The number of piperidine rings is 2. The van der Waals surface area contributed by atoms with Gasteiger partial charge in [-0.25, -0.2) is 0 Å². The lowest BCUT2D eigenvalue weighted by Gasteiger charge is -2.44. The predicted octanol–water partition coefficient (Wildman–Crippen LogP) is 3.28. The molecule has 0 N–H and O–H groups in total. The van der Waals surface area contributed by atoms with Gasteiger partial charge in [-0.2, -0.15) is 0 Å². The van der Waals surface area contributed by atoms with Crippen molar-refractivity contribution in [2.75, 3.05) is 6.54 Å². The molecule has 2 nitrogen and oxygen atoms in total. The highest BCUT2D eigenvalue weighted by Gasteiger charge is 2.36. The second-order valence-electron chi connectivity index (χ2n) is 5.56. The molecule has 96 valence electrons. The van der Waals surface area contributed by atoms with E-state index in [0.717, 1.165) is 18.5 Å². The third-order valence-electron chi connectivity index (χ3n) is 4.45. The fourth-order valence-corrected chi connectivity index (χ4v) is 3.53. The van der Waals surface area contributed by atoms with Gasteiger partial charge in [0.05, 0.1) is 6.04 Å². The van der Waals surface area contributed by atoms with Gasteiger partial charge in [0, 0.05) is 11.6 Å². The number of hydrogen-bond donors (Lipinski definition) is 0. The lowest BCUT2D eigenvalue weighted by Crippen LogP contribution is -2.52. The van der Waals surface area contributed by atoms with E-state index in [4.69, 9.17) is 0 Å². The summed E-state index contributed by atoms with van der Waals surface area (Å²) in [4.78, 5) is 15.1. The Morgan fingerprint density at radius 1 is 1.00 bits per heavy atom. The zero-order valence-electron chi connectivity index (χ0n) is 10.8. The molecule has 0 aromatic heterocycles. The van der Waals surface area contributed by atoms with Gasteiger partial charge in [-0.15, -0.1) is 0 Å². The van der Waals surface area contributed by atoms with Crippen molar-refractivity contribution in [1.29, 1.82) is 0 Å². The summed E-state index contributed by atoms with van der Waals surface area (Å²) < 4.78 is 0. The van der Waals surface area contributed by atoms with Crippen LogP contribution in [0.1, 0.15) is 48.9 Å². The fraction of sp³-hybridized carbons (Fsp3) is 0.562. The maximum absolute atomic E-state index is 12.6. The van der Waals surface area contributed by atoms with Gasteiger partial charge in [0.2, 0.25) is 0 Å². The van der Waals surface area contributed by atoms with E-state index in [0.29, 0.717) is 11.8 Å². The number of ketones is 1. The number of hydrogen-bond acceptors (Lipinski definition) is 2. The molecule has 1 aromatic rings. The lowest BCUT2D eigenvalue weighted by atomic mass is 9.86. The monoisotopic (exact) mass is 243 g/mol. The van der Waals surface area contributed by atoms with Gasteiger partial charge in [0.1, 0.15) is 0 Å². The maximum atomic E-state index is 12.6. The number of carbonyl (C=O) groups is 1. The normalized spacial score (nSPS) is 28.7. The van der Waals surface area contributed by atoms with Crippen LogP contribution in [0, 0.1) is 0 Å². The number of fused-ring (bicyclic) bond motifs is 1. The molecule has 0 bridgehead atoms. The van der Waals surface area contributed by atoms with Gasteiger partial charge in [-0.1, -0.05) is 36.8 Å². The van der Waals surface area contributed by atoms with Crippen molar-refractivity contribution < 1.29 is 4.79 Å². The highest BCUT2D eigenvalue weighted by Crippen LogP contribution is 2.31. The van der Waals surface area contributed by atoms with Crippen molar-refractivity contribution in [1.82, 2.24) is 4.90 Å². The quantitative estimate of drug-likeness (QED) is 0.743. The van der Waals surface area contributed by atoms with E-state index in [1.807, 2.05) is 30.3 Å². The second kappa shape index (κ2) is 5.23. The first-order valence-corrected chi connectivity index (χ1v) is 7.21. The first-order valence-electron chi connectivity index (χ1n) is 7.21. The second-order valence-corrected chi connectivity index (χ2v) is 5.56. The third kappa shape index (κ3) is 2.22. The number of rotatable bonds is 2. The summed E-state index contributed by atoms with van der Waals surface area (Å²) in [7, 11) is 0. The summed E-state index contributed by atoms with van der Waals surface area (Å²) in [5.41, 5.74) is 0.883. The number of nitrogens with zero attached hydrogens (tertiary/aromatic N) is 1. The molecule has 3 rings (SSSR count). The molecule has 2 aliphatic rings. The Bertz CT molecular complexity index is 412. The molecule has 2 heteroatoms. The molecule has 2 saturated heterocycles. The number of carbonyl (C=O) groups excluding carboxylic acids is 1. The summed E-state index contributed by atoms with van der Waals surface area (Å²) >= 11 is 0. The van der Waals surface area contributed by atoms with Crippen LogP contribution < -0.4 is 0 Å². The zero-order chi connectivity index (χ0) is 12.4. The molecule has 0 amide bonds. The van der Waals surface area contributed by atoms with Crippen LogP contribution in [0.15, 0.2) is 30.3 Å². The average molecular weight is 243 g/mol. The molecule has 0 saturated carbocycles. The van der Waals surface area contributed by atoms with Crippen LogP contribution in [-0.2, 0) is 0 Å². The van der Waals surface area contributed by atoms with Crippen LogP contribution in [-0.4, -0.2) is 29.3 Å². The van der Waals surface area contributed by atoms with E-state index in [1.54, 1.807) is 0 Å². The van der Waals surface area contributed by atoms with Crippen LogP contribution in [0.5, 0.6) is 0 Å². The molecule has 0 spiro atoms. The van der Waals surface area contributed by atoms with Crippen LogP contribution >= 0.6 is 0 Å². The smallest absolute Gasteiger partial charge is 0.179 e. The molecule has 0 radical (unpaired) electrons. The summed E-state index contributed by atoms with van der Waals surface area (Å²) in [6.07, 6.45) is 7.44. The largest absolute Gasteiger partial charge is 0.292 e. The van der Waals surface area contributed by atoms with Crippen LogP contribution in [0.25, 0.3) is 0 Å². The molecular weight excluding hydrogens is 222 g/mol. The van der Waals surface area contributed by atoms with Gasteiger partial charge < -0.3 is 0 Å². The third-order valence-corrected chi connectivity index (χ3v) is 4.45. The predicted molar refractivity (Wildman–Crippen MR) is 72.8 cm³/mol. The van der Waals surface area contributed by atoms with E-state index in [-0.39, 0.29) is 6.04 Å². The van der Waals surface area contributed by atoms with Crippen molar-refractivity contribution >= 4 is 5.78 Å². The van der Waals surface area contributed by atoms with Crippen LogP contribution in [0.2, 0.25) is 0 Å². The maximum Gasteiger partial charge on any atom is 0.179 e. The Morgan fingerprint density at radius 3 is 2.61 bits per heavy atom. The average Bonchev–Trinajstić information content (AvgIpc) is 2.47. The highest BCUT2D eigenvalue weighted by molar-refractivity contribution is 6.00. The Hall–Kier alpha value is -1.15. The number of benzene rings is 1. The number of Topliss-reactive ketones (excluding diaryl/α,β-unsaturated/α-hetero) is 1. The molecule has 2 aliphatic heterocycles. The minimum Gasteiger partial charge on any atom is -0.292 e. The Balaban J connectivity index is 1.80. The first kappa shape index (κ1) is 11.9. The summed E-state index contributed by atoms with van der Waals surface area (Å²) in [6.45, 7) is 1.12. The van der Waals surface area contributed by atoms with Gasteiger partial charge in [0.25, 0.3) is 0 Å².